The zero-order valence-electron chi connectivity index (χ0n) is 10.6. The van der Waals surface area contributed by atoms with Gasteiger partial charge >= 0.3 is 0 Å². The van der Waals surface area contributed by atoms with E-state index >= 15 is 0 Å². The van der Waals surface area contributed by atoms with Crippen molar-refractivity contribution in [1.29, 1.82) is 0 Å². The van der Waals surface area contributed by atoms with Crippen LogP contribution in [0.15, 0.2) is 0 Å². The summed E-state index contributed by atoms with van der Waals surface area (Å²) in [6.07, 6.45) is 7.27. The molecule has 1 rings (SSSR count). The normalized spacial score (nSPS) is 22.7. The molecule has 0 radical (unpaired) electrons. The summed E-state index contributed by atoms with van der Waals surface area (Å²) in [7, 11) is 4.41. The molecule has 14 heavy (non-hydrogen) atoms. The molecule has 0 aromatic heterocycles. The van der Waals surface area contributed by atoms with Crippen molar-refractivity contribution in [1.82, 2.24) is 4.90 Å². The van der Waals surface area contributed by atoms with E-state index in [0.29, 0.717) is 11.5 Å². The van der Waals surface area contributed by atoms with Gasteiger partial charge in [-0.25, -0.2) is 0 Å². The van der Waals surface area contributed by atoms with Gasteiger partial charge in [-0.05, 0) is 45.2 Å². The van der Waals surface area contributed by atoms with Gasteiger partial charge in [-0.15, -0.1) is 0 Å². The SMILES string of the molecule is CC(N(C)C)C(C)(C)C1CCCCC1. The summed E-state index contributed by atoms with van der Waals surface area (Å²) in [6.45, 7) is 7.27. The second-order valence-corrected chi connectivity index (χ2v) is 5.80. The summed E-state index contributed by atoms with van der Waals surface area (Å²) in [4.78, 5) is 2.37. The molecule has 0 aliphatic heterocycles. The summed E-state index contributed by atoms with van der Waals surface area (Å²) >= 11 is 0. The first-order valence-electron chi connectivity index (χ1n) is 6.12. The standard InChI is InChI=1S/C13H27N/c1-11(14(4)5)13(2,3)12-9-7-6-8-10-12/h11-12H,6-10H2,1-5H3. The average Bonchev–Trinajstić information content (AvgIpc) is 2.18. The van der Waals surface area contributed by atoms with Crippen LogP contribution in [0.5, 0.6) is 0 Å². The molecule has 0 heterocycles. The number of nitrogens with zero attached hydrogens (tertiary/aromatic N) is 1. The van der Waals surface area contributed by atoms with Gasteiger partial charge in [-0.2, -0.15) is 0 Å². The molecule has 0 aromatic rings. The topological polar surface area (TPSA) is 3.24 Å². The fourth-order valence-corrected chi connectivity index (χ4v) is 2.85. The van der Waals surface area contributed by atoms with Gasteiger partial charge in [-0.1, -0.05) is 33.1 Å². The summed E-state index contributed by atoms with van der Waals surface area (Å²) in [5.41, 5.74) is 0.476. The summed E-state index contributed by atoms with van der Waals surface area (Å²) < 4.78 is 0. The van der Waals surface area contributed by atoms with Crippen LogP contribution in [0.3, 0.4) is 0 Å². The largest absolute Gasteiger partial charge is 0.306 e. The highest BCUT2D eigenvalue weighted by molar-refractivity contribution is 4.88. The highest BCUT2D eigenvalue weighted by Gasteiger charge is 2.36. The van der Waals surface area contributed by atoms with E-state index < -0.39 is 0 Å². The lowest BCUT2D eigenvalue weighted by molar-refractivity contribution is 0.0616. The lowest BCUT2D eigenvalue weighted by atomic mass is 9.67. The molecule has 0 spiro atoms. The van der Waals surface area contributed by atoms with E-state index in [2.05, 4.69) is 39.8 Å². The Bertz CT molecular complexity index is 166. The first-order chi connectivity index (χ1) is 6.46. The van der Waals surface area contributed by atoms with Crippen molar-refractivity contribution >= 4 is 0 Å². The van der Waals surface area contributed by atoms with Crippen molar-refractivity contribution in [2.24, 2.45) is 11.3 Å². The van der Waals surface area contributed by atoms with Crippen molar-refractivity contribution < 1.29 is 0 Å². The number of hydrogen-bond donors (Lipinski definition) is 0. The van der Waals surface area contributed by atoms with E-state index in [4.69, 9.17) is 0 Å². The Kier molecular flexibility index (Phi) is 4.00. The van der Waals surface area contributed by atoms with Crippen molar-refractivity contribution in [3.05, 3.63) is 0 Å². The van der Waals surface area contributed by atoms with Crippen LogP contribution in [0.1, 0.15) is 52.9 Å². The Hall–Kier alpha value is -0.0400. The quantitative estimate of drug-likeness (QED) is 0.669. The molecule has 1 atom stereocenters. The third-order valence-corrected chi connectivity index (χ3v) is 4.51. The fraction of sp³-hybridized carbons (Fsp3) is 1.00. The minimum absolute atomic E-state index is 0.476. The Morgan fingerprint density at radius 2 is 1.57 bits per heavy atom. The molecule has 1 aliphatic carbocycles. The molecular weight excluding hydrogens is 170 g/mol. The monoisotopic (exact) mass is 197 g/mol. The van der Waals surface area contributed by atoms with Gasteiger partial charge < -0.3 is 4.90 Å². The van der Waals surface area contributed by atoms with Gasteiger partial charge in [0.05, 0.1) is 0 Å². The Morgan fingerprint density at radius 3 is 2.00 bits per heavy atom. The summed E-state index contributed by atoms with van der Waals surface area (Å²) in [5.74, 6) is 0.939. The first-order valence-corrected chi connectivity index (χ1v) is 6.12. The first kappa shape index (κ1) is 12.0. The minimum Gasteiger partial charge on any atom is -0.306 e. The van der Waals surface area contributed by atoms with Gasteiger partial charge in [0.2, 0.25) is 0 Å². The zero-order chi connectivity index (χ0) is 10.8. The molecule has 1 nitrogen and oxygen atoms in total. The maximum absolute atomic E-state index is 2.45. The Balaban J connectivity index is 2.61. The number of rotatable bonds is 3. The third kappa shape index (κ3) is 2.50. The molecule has 0 aromatic carbocycles. The molecule has 1 fully saturated rings. The van der Waals surface area contributed by atoms with Crippen LogP contribution in [0.25, 0.3) is 0 Å². The van der Waals surface area contributed by atoms with E-state index in [1.54, 1.807) is 0 Å². The van der Waals surface area contributed by atoms with E-state index in [1.165, 1.54) is 32.1 Å². The molecule has 84 valence electrons. The molecule has 1 aliphatic rings. The summed E-state index contributed by atoms with van der Waals surface area (Å²) in [5, 5.41) is 0. The zero-order valence-corrected chi connectivity index (χ0v) is 10.6. The minimum atomic E-state index is 0.476. The maximum atomic E-state index is 2.45. The van der Waals surface area contributed by atoms with Crippen LogP contribution >= 0.6 is 0 Å². The predicted molar refractivity (Wildman–Crippen MR) is 63.5 cm³/mol. The van der Waals surface area contributed by atoms with E-state index in [9.17, 15) is 0 Å². The smallest absolute Gasteiger partial charge is 0.0115 e. The second kappa shape index (κ2) is 4.65. The van der Waals surface area contributed by atoms with Crippen molar-refractivity contribution in [3.63, 3.8) is 0 Å². The Labute approximate surface area is 89.9 Å². The lowest BCUT2D eigenvalue weighted by Gasteiger charge is -2.44. The van der Waals surface area contributed by atoms with Gasteiger partial charge in [0, 0.05) is 6.04 Å². The van der Waals surface area contributed by atoms with Gasteiger partial charge in [0.15, 0.2) is 0 Å². The van der Waals surface area contributed by atoms with Crippen LogP contribution in [0, 0.1) is 11.3 Å². The molecule has 0 bridgehead atoms. The van der Waals surface area contributed by atoms with E-state index in [0.717, 1.165) is 5.92 Å². The highest BCUT2D eigenvalue weighted by Crippen LogP contribution is 2.41. The molecule has 1 saturated carbocycles. The second-order valence-electron chi connectivity index (χ2n) is 5.80. The molecule has 0 saturated heterocycles. The van der Waals surface area contributed by atoms with Crippen molar-refractivity contribution in [2.75, 3.05) is 14.1 Å². The van der Waals surface area contributed by atoms with Gasteiger partial charge in [0.25, 0.3) is 0 Å². The molecule has 1 heteroatoms. The van der Waals surface area contributed by atoms with E-state index in [1.807, 2.05) is 0 Å². The third-order valence-electron chi connectivity index (χ3n) is 4.51. The fourth-order valence-electron chi connectivity index (χ4n) is 2.85. The van der Waals surface area contributed by atoms with E-state index in [-0.39, 0.29) is 0 Å². The van der Waals surface area contributed by atoms with Crippen LogP contribution in [0.2, 0.25) is 0 Å². The van der Waals surface area contributed by atoms with Crippen molar-refractivity contribution in [3.8, 4) is 0 Å². The molecule has 1 unspecified atom stereocenters. The van der Waals surface area contributed by atoms with Gasteiger partial charge in [-0.3, -0.25) is 0 Å². The van der Waals surface area contributed by atoms with Crippen LogP contribution in [-0.2, 0) is 0 Å². The van der Waals surface area contributed by atoms with Gasteiger partial charge in [0.1, 0.15) is 0 Å². The van der Waals surface area contributed by atoms with Crippen molar-refractivity contribution in [2.45, 2.75) is 58.9 Å². The highest BCUT2D eigenvalue weighted by atomic mass is 15.1. The molecular formula is C13H27N. The maximum Gasteiger partial charge on any atom is 0.0115 e. The van der Waals surface area contributed by atoms with Crippen LogP contribution < -0.4 is 0 Å². The molecule has 0 N–H and O–H groups in total. The Morgan fingerprint density at radius 1 is 1.07 bits per heavy atom. The molecule has 0 amide bonds. The number of hydrogen-bond acceptors (Lipinski definition) is 1. The lowest BCUT2D eigenvalue weighted by Crippen LogP contribution is -2.44. The van der Waals surface area contributed by atoms with Crippen LogP contribution in [0.4, 0.5) is 0 Å². The predicted octanol–water partition coefficient (Wildman–Crippen LogP) is 3.54. The average molecular weight is 197 g/mol. The summed E-state index contributed by atoms with van der Waals surface area (Å²) in [6, 6.07) is 0.686. The van der Waals surface area contributed by atoms with Crippen LogP contribution in [-0.4, -0.2) is 25.0 Å².